The van der Waals surface area contributed by atoms with E-state index in [1.54, 1.807) is 0 Å². The van der Waals surface area contributed by atoms with Gasteiger partial charge in [0, 0.05) is 18.3 Å². The van der Waals surface area contributed by atoms with Crippen LogP contribution in [0.3, 0.4) is 0 Å². The van der Waals surface area contributed by atoms with Crippen LogP contribution in [0.5, 0.6) is 0 Å². The van der Waals surface area contributed by atoms with Crippen molar-refractivity contribution < 1.29 is 0 Å². The molecule has 0 amide bonds. The van der Waals surface area contributed by atoms with E-state index in [-0.39, 0.29) is 0 Å². The number of aromatic amines is 1. The van der Waals surface area contributed by atoms with Crippen molar-refractivity contribution in [2.24, 2.45) is 0 Å². The Morgan fingerprint density at radius 2 is 2.31 bits per heavy atom. The third kappa shape index (κ3) is 3.59. The summed E-state index contributed by atoms with van der Waals surface area (Å²) in [4.78, 5) is 7.66. The number of H-pyrrole nitrogens is 1. The molecule has 0 aliphatic carbocycles. The predicted molar refractivity (Wildman–Crippen MR) is 54.8 cm³/mol. The molecule has 1 rings (SSSR count). The Morgan fingerprint density at radius 3 is 3.00 bits per heavy atom. The normalized spacial score (nSPS) is 10.6. The molecule has 3 nitrogen and oxygen atoms in total. The Labute approximate surface area is 80.0 Å². The lowest BCUT2D eigenvalue weighted by molar-refractivity contribution is 0.706. The minimum Gasteiger partial charge on any atom is -0.346 e. The summed E-state index contributed by atoms with van der Waals surface area (Å²) >= 11 is 0. The lowest BCUT2D eigenvalue weighted by Crippen LogP contribution is -2.08. The summed E-state index contributed by atoms with van der Waals surface area (Å²) in [6.45, 7) is 3.24. The van der Waals surface area contributed by atoms with Crippen LogP contribution < -0.4 is 5.32 Å². The van der Waals surface area contributed by atoms with Gasteiger partial charge in [-0.25, -0.2) is 4.98 Å². The van der Waals surface area contributed by atoms with Gasteiger partial charge in [0.15, 0.2) is 0 Å². The maximum atomic E-state index is 4.32. The minimum absolute atomic E-state index is 1.05. The van der Waals surface area contributed by atoms with Gasteiger partial charge in [-0.1, -0.05) is 13.3 Å². The maximum Gasteiger partial charge on any atom is 0.106 e. The van der Waals surface area contributed by atoms with Gasteiger partial charge in [-0.3, -0.25) is 0 Å². The molecule has 0 fully saturated rings. The first-order valence-corrected chi connectivity index (χ1v) is 5.04. The van der Waals surface area contributed by atoms with E-state index in [0.717, 1.165) is 31.6 Å². The Bertz CT molecular complexity index is 230. The highest BCUT2D eigenvalue weighted by Gasteiger charge is 1.98. The number of hydrogen-bond donors (Lipinski definition) is 2. The highest BCUT2D eigenvalue weighted by Crippen LogP contribution is 2.02. The molecule has 74 valence electrons. The molecule has 0 aliphatic rings. The van der Waals surface area contributed by atoms with Crippen LogP contribution in [-0.4, -0.2) is 23.6 Å². The molecule has 13 heavy (non-hydrogen) atoms. The van der Waals surface area contributed by atoms with Gasteiger partial charge in [0.05, 0.1) is 0 Å². The highest BCUT2D eigenvalue weighted by atomic mass is 14.9. The van der Waals surface area contributed by atoms with Crippen LogP contribution in [-0.2, 0) is 12.8 Å². The standard InChI is InChI=1S/C10H19N3/c1-3-5-9-8-12-10(13-9)6-4-7-11-2/h8,11H,3-7H2,1-2H3,(H,12,13). The average molecular weight is 181 g/mol. The number of nitrogens with zero attached hydrogens (tertiary/aromatic N) is 1. The van der Waals surface area contributed by atoms with Gasteiger partial charge in [0.25, 0.3) is 0 Å². The van der Waals surface area contributed by atoms with Crippen molar-refractivity contribution in [3.8, 4) is 0 Å². The Kier molecular flexibility index (Phi) is 4.54. The van der Waals surface area contributed by atoms with Gasteiger partial charge < -0.3 is 10.3 Å². The van der Waals surface area contributed by atoms with Crippen LogP contribution in [0.1, 0.15) is 31.3 Å². The van der Waals surface area contributed by atoms with E-state index in [1.807, 2.05) is 13.2 Å². The lowest BCUT2D eigenvalue weighted by atomic mass is 10.3. The van der Waals surface area contributed by atoms with Crippen molar-refractivity contribution in [2.75, 3.05) is 13.6 Å². The zero-order chi connectivity index (χ0) is 9.52. The number of rotatable bonds is 6. The molecule has 1 aromatic heterocycles. The molecular formula is C10H19N3. The number of imidazole rings is 1. The van der Waals surface area contributed by atoms with Crippen molar-refractivity contribution in [3.05, 3.63) is 17.7 Å². The third-order valence-electron chi connectivity index (χ3n) is 2.04. The van der Waals surface area contributed by atoms with Gasteiger partial charge in [-0.05, 0) is 26.4 Å². The molecule has 3 heteroatoms. The van der Waals surface area contributed by atoms with Crippen molar-refractivity contribution in [1.82, 2.24) is 15.3 Å². The average Bonchev–Trinajstić information content (AvgIpc) is 2.54. The monoisotopic (exact) mass is 181 g/mol. The van der Waals surface area contributed by atoms with E-state index in [9.17, 15) is 0 Å². The Hall–Kier alpha value is -0.830. The fourth-order valence-electron chi connectivity index (χ4n) is 1.36. The lowest BCUT2D eigenvalue weighted by Gasteiger charge is -1.96. The molecule has 0 bridgehead atoms. The molecule has 0 unspecified atom stereocenters. The number of nitrogens with one attached hydrogen (secondary N) is 2. The van der Waals surface area contributed by atoms with E-state index >= 15 is 0 Å². The summed E-state index contributed by atoms with van der Waals surface area (Å²) in [6, 6.07) is 0. The van der Waals surface area contributed by atoms with E-state index < -0.39 is 0 Å². The van der Waals surface area contributed by atoms with E-state index in [2.05, 4.69) is 22.2 Å². The largest absolute Gasteiger partial charge is 0.346 e. The summed E-state index contributed by atoms with van der Waals surface area (Å²) < 4.78 is 0. The first kappa shape index (κ1) is 10.3. The Morgan fingerprint density at radius 1 is 1.46 bits per heavy atom. The second-order valence-corrected chi connectivity index (χ2v) is 3.31. The molecule has 2 N–H and O–H groups in total. The van der Waals surface area contributed by atoms with Crippen molar-refractivity contribution in [2.45, 2.75) is 32.6 Å². The zero-order valence-electron chi connectivity index (χ0n) is 8.56. The Balaban J connectivity index is 2.31. The predicted octanol–water partition coefficient (Wildman–Crippen LogP) is 1.51. The van der Waals surface area contributed by atoms with Crippen LogP contribution >= 0.6 is 0 Å². The fourth-order valence-corrected chi connectivity index (χ4v) is 1.36. The summed E-state index contributed by atoms with van der Waals surface area (Å²) in [5.74, 6) is 1.12. The maximum absolute atomic E-state index is 4.32. The minimum atomic E-state index is 1.05. The molecule has 0 aromatic carbocycles. The molecular weight excluding hydrogens is 162 g/mol. The van der Waals surface area contributed by atoms with Gasteiger partial charge in [-0.2, -0.15) is 0 Å². The third-order valence-corrected chi connectivity index (χ3v) is 2.04. The van der Waals surface area contributed by atoms with E-state index in [1.165, 1.54) is 12.1 Å². The van der Waals surface area contributed by atoms with Crippen LogP contribution in [0.15, 0.2) is 6.20 Å². The number of aromatic nitrogens is 2. The fraction of sp³-hybridized carbons (Fsp3) is 0.700. The first-order valence-electron chi connectivity index (χ1n) is 5.04. The van der Waals surface area contributed by atoms with Crippen LogP contribution in [0.25, 0.3) is 0 Å². The molecule has 0 spiro atoms. The van der Waals surface area contributed by atoms with Crippen molar-refractivity contribution >= 4 is 0 Å². The molecule has 1 heterocycles. The second kappa shape index (κ2) is 5.75. The van der Waals surface area contributed by atoms with E-state index in [0.29, 0.717) is 0 Å². The summed E-state index contributed by atoms with van der Waals surface area (Å²) in [5.41, 5.74) is 1.27. The smallest absolute Gasteiger partial charge is 0.106 e. The second-order valence-electron chi connectivity index (χ2n) is 3.31. The topological polar surface area (TPSA) is 40.7 Å². The molecule has 0 radical (unpaired) electrons. The molecule has 0 aliphatic heterocycles. The summed E-state index contributed by atoms with van der Waals surface area (Å²) in [6.07, 6.45) is 6.44. The number of aryl methyl sites for hydroxylation is 2. The molecule has 0 atom stereocenters. The van der Waals surface area contributed by atoms with Gasteiger partial charge in [0.1, 0.15) is 5.82 Å². The summed E-state index contributed by atoms with van der Waals surface area (Å²) in [5, 5.41) is 3.13. The van der Waals surface area contributed by atoms with Crippen LogP contribution in [0, 0.1) is 0 Å². The zero-order valence-corrected chi connectivity index (χ0v) is 8.56. The SMILES string of the molecule is CCCc1cnc(CCCNC)[nH]1. The highest BCUT2D eigenvalue weighted by molar-refractivity contribution is 5.01. The van der Waals surface area contributed by atoms with Crippen LogP contribution in [0.4, 0.5) is 0 Å². The van der Waals surface area contributed by atoms with E-state index in [4.69, 9.17) is 0 Å². The summed E-state index contributed by atoms with van der Waals surface area (Å²) in [7, 11) is 1.98. The van der Waals surface area contributed by atoms with Gasteiger partial charge >= 0.3 is 0 Å². The quantitative estimate of drug-likeness (QED) is 0.653. The number of hydrogen-bond acceptors (Lipinski definition) is 2. The first-order chi connectivity index (χ1) is 6.36. The van der Waals surface area contributed by atoms with Gasteiger partial charge in [0.2, 0.25) is 0 Å². The molecule has 1 aromatic rings. The van der Waals surface area contributed by atoms with Crippen LogP contribution in [0.2, 0.25) is 0 Å². The van der Waals surface area contributed by atoms with Crippen molar-refractivity contribution in [1.29, 1.82) is 0 Å². The molecule has 0 saturated heterocycles. The molecule has 0 saturated carbocycles. The van der Waals surface area contributed by atoms with Crippen molar-refractivity contribution in [3.63, 3.8) is 0 Å². The van der Waals surface area contributed by atoms with Gasteiger partial charge in [-0.15, -0.1) is 0 Å².